The van der Waals surface area contributed by atoms with Crippen LogP contribution in [0.5, 0.6) is 11.5 Å². The van der Waals surface area contributed by atoms with Gasteiger partial charge >= 0.3 is 0 Å². The number of unbranched alkanes of at least 4 members (excludes halogenated alkanes) is 1. The van der Waals surface area contributed by atoms with E-state index in [9.17, 15) is 15.0 Å². The highest BCUT2D eigenvalue weighted by atomic mass is 35.5. The second kappa shape index (κ2) is 8.07. The summed E-state index contributed by atoms with van der Waals surface area (Å²) < 4.78 is 5.34. The van der Waals surface area contributed by atoms with E-state index >= 15 is 0 Å². The van der Waals surface area contributed by atoms with Crippen molar-refractivity contribution in [3.63, 3.8) is 0 Å². The number of fused-ring (bicyclic) bond motifs is 1. The van der Waals surface area contributed by atoms with Gasteiger partial charge in [0.25, 0.3) is 5.91 Å². The van der Waals surface area contributed by atoms with Crippen molar-refractivity contribution in [2.45, 2.75) is 25.9 Å². The van der Waals surface area contributed by atoms with Gasteiger partial charge in [0, 0.05) is 12.1 Å². The predicted octanol–water partition coefficient (Wildman–Crippen LogP) is 1.57. The molecule has 0 aromatic heterocycles. The first-order chi connectivity index (χ1) is 9.63. The molecule has 7 heteroatoms. The number of nitrogens with one attached hydrogen (secondary N) is 2. The molecule has 1 heterocycles. The lowest BCUT2D eigenvalue weighted by Gasteiger charge is -2.23. The van der Waals surface area contributed by atoms with E-state index in [1.54, 1.807) is 6.07 Å². The Bertz CT molecular complexity index is 496. The Labute approximate surface area is 129 Å². The van der Waals surface area contributed by atoms with E-state index in [2.05, 4.69) is 17.6 Å². The first-order valence-corrected chi connectivity index (χ1v) is 6.80. The Kier molecular flexibility index (Phi) is 6.74. The second-order valence-corrected chi connectivity index (χ2v) is 4.79. The van der Waals surface area contributed by atoms with Crippen LogP contribution in [-0.4, -0.2) is 35.8 Å². The lowest BCUT2D eigenvalue weighted by molar-refractivity contribution is -0.118. The van der Waals surface area contributed by atoms with Crippen LogP contribution in [0.2, 0.25) is 0 Å². The summed E-state index contributed by atoms with van der Waals surface area (Å²) in [6, 6.07) is 3.05. The lowest BCUT2D eigenvalue weighted by atomic mass is 10.1. The summed E-state index contributed by atoms with van der Waals surface area (Å²) in [6.45, 7) is 3.23. The molecule has 1 atom stereocenters. The number of phenolic OH excluding ortho intramolecular Hbond substituents is 1. The van der Waals surface area contributed by atoms with Crippen molar-refractivity contribution in [2.75, 3.05) is 25.0 Å². The van der Waals surface area contributed by atoms with Crippen LogP contribution >= 0.6 is 12.4 Å². The molecule has 6 nitrogen and oxygen atoms in total. The highest BCUT2D eigenvalue weighted by Gasteiger charge is 2.25. The van der Waals surface area contributed by atoms with E-state index in [0.29, 0.717) is 17.9 Å². The molecule has 1 aliphatic rings. The van der Waals surface area contributed by atoms with E-state index < -0.39 is 6.10 Å². The van der Waals surface area contributed by atoms with Gasteiger partial charge in [-0.3, -0.25) is 4.79 Å². The van der Waals surface area contributed by atoms with Gasteiger partial charge in [-0.1, -0.05) is 13.3 Å². The Morgan fingerprint density at radius 1 is 1.48 bits per heavy atom. The third-order valence-electron chi connectivity index (χ3n) is 3.18. The first kappa shape index (κ1) is 17.6. The molecular formula is C14H21ClN2O4. The highest BCUT2D eigenvalue weighted by Crippen LogP contribution is 2.41. The molecule has 0 radical (unpaired) electrons. The Hall–Kier alpha value is -1.50. The monoisotopic (exact) mass is 316 g/mol. The SMILES string of the molecule is CCCCNCC(O)c1ccc(O)c2c1OCC(=O)N2.Cl. The van der Waals surface area contributed by atoms with E-state index in [1.165, 1.54) is 6.07 Å². The number of carbonyl (C=O) groups excluding carboxylic acids is 1. The summed E-state index contributed by atoms with van der Waals surface area (Å²) in [5, 5.41) is 25.6. The van der Waals surface area contributed by atoms with Crippen molar-refractivity contribution in [3.8, 4) is 11.5 Å². The molecule has 1 aromatic rings. The summed E-state index contributed by atoms with van der Waals surface area (Å²) in [5.41, 5.74) is 0.785. The minimum atomic E-state index is -0.754. The number of aliphatic hydroxyl groups is 1. The van der Waals surface area contributed by atoms with Gasteiger partial charge in [-0.05, 0) is 25.1 Å². The highest BCUT2D eigenvalue weighted by molar-refractivity contribution is 5.97. The van der Waals surface area contributed by atoms with Crippen LogP contribution in [0.1, 0.15) is 31.4 Å². The topological polar surface area (TPSA) is 90.8 Å². The zero-order chi connectivity index (χ0) is 14.5. The number of hydrogen-bond donors (Lipinski definition) is 4. The van der Waals surface area contributed by atoms with Gasteiger partial charge in [0.1, 0.15) is 11.4 Å². The normalized spacial score (nSPS) is 14.5. The number of aliphatic hydroxyl groups excluding tert-OH is 1. The number of ether oxygens (including phenoxy) is 1. The Morgan fingerprint density at radius 2 is 2.24 bits per heavy atom. The molecule has 0 spiro atoms. The molecule has 0 fully saturated rings. The van der Waals surface area contributed by atoms with Crippen LogP contribution in [0.15, 0.2) is 12.1 Å². The Morgan fingerprint density at radius 3 is 2.95 bits per heavy atom. The van der Waals surface area contributed by atoms with E-state index in [0.717, 1.165) is 19.4 Å². The Balaban J connectivity index is 0.00000220. The zero-order valence-corrected chi connectivity index (χ0v) is 12.7. The molecule has 1 aromatic carbocycles. The number of anilines is 1. The molecule has 1 aliphatic heterocycles. The van der Waals surface area contributed by atoms with Crippen molar-refractivity contribution in [1.29, 1.82) is 0 Å². The van der Waals surface area contributed by atoms with Crippen LogP contribution in [0.3, 0.4) is 0 Å². The maximum absolute atomic E-state index is 11.3. The summed E-state index contributed by atoms with van der Waals surface area (Å²) in [6.07, 6.45) is 1.39. The van der Waals surface area contributed by atoms with Crippen LogP contribution in [0, 0.1) is 0 Å². The molecule has 21 heavy (non-hydrogen) atoms. The van der Waals surface area contributed by atoms with Crippen molar-refractivity contribution in [1.82, 2.24) is 5.32 Å². The number of amides is 1. The number of benzene rings is 1. The van der Waals surface area contributed by atoms with Crippen molar-refractivity contribution in [3.05, 3.63) is 17.7 Å². The number of rotatable bonds is 6. The molecule has 2 rings (SSSR count). The largest absolute Gasteiger partial charge is 0.506 e. The zero-order valence-electron chi connectivity index (χ0n) is 11.9. The summed E-state index contributed by atoms with van der Waals surface area (Å²) in [4.78, 5) is 11.3. The average molecular weight is 317 g/mol. The fourth-order valence-corrected chi connectivity index (χ4v) is 2.09. The maximum Gasteiger partial charge on any atom is 0.262 e. The number of hydrogen-bond acceptors (Lipinski definition) is 5. The number of phenols is 1. The molecule has 4 N–H and O–H groups in total. The predicted molar refractivity (Wildman–Crippen MR) is 82.2 cm³/mol. The van der Waals surface area contributed by atoms with Gasteiger partial charge in [0.2, 0.25) is 0 Å². The lowest BCUT2D eigenvalue weighted by Crippen LogP contribution is -2.28. The smallest absolute Gasteiger partial charge is 0.262 e. The van der Waals surface area contributed by atoms with E-state index in [4.69, 9.17) is 4.74 Å². The molecule has 1 amide bonds. The van der Waals surface area contributed by atoms with Gasteiger partial charge in [-0.2, -0.15) is 0 Å². The summed E-state index contributed by atoms with van der Waals surface area (Å²) >= 11 is 0. The molecule has 0 aliphatic carbocycles. The molecular weight excluding hydrogens is 296 g/mol. The van der Waals surface area contributed by atoms with Crippen LogP contribution in [0.25, 0.3) is 0 Å². The fourth-order valence-electron chi connectivity index (χ4n) is 2.09. The first-order valence-electron chi connectivity index (χ1n) is 6.80. The summed E-state index contributed by atoms with van der Waals surface area (Å²) in [7, 11) is 0. The van der Waals surface area contributed by atoms with Gasteiger partial charge in [0.15, 0.2) is 12.4 Å². The fraction of sp³-hybridized carbons (Fsp3) is 0.500. The number of aromatic hydroxyl groups is 1. The van der Waals surface area contributed by atoms with Gasteiger partial charge in [0.05, 0.1) is 6.10 Å². The molecule has 118 valence electrons. The third-order valence-corrected chi connectivity index (χ3v) is 3.18. The quantitative estimate of drug-likeness (QED) is 0.472. The van der Waals surface area contributed by atoms with Crippen molar-refractivity contribution >= 4 is 24.0 Å². The second-order valence-electron chi connectivity index (χ2n) is 4.79. The third kappa shape index (κ3) is 4.23. The molecule has 0 saturated carbocycles. The van der Waals surface area contributed by atoms with Crippen LogP contribution in [-0.2, 0) is 4.79 Å². The molecule has 1 unspecified atom stereocenters. The van der Waals surface area contributed by atoms with E-state index in [1.807, 2.05) is 0 Å². The van der Waals surface area contributed by atoms with Gasteiger partial charge in [-0.25, -0.2) is 0 Å². The standard InChI is InChI=1S/C14H20N2O4.ClH/c1-2-3-6-15-7-11(18)9-4-5-10(17)13-14(9)20-8-12(19)16-13;/h4-5,11,15,17-18H,2-3,6-8H2,1H3,(H,16,19);1H. The van der Waals surface area contributed by atoms with E-state index in [-0.39, 0.29) is 36.4 Å². The van der Waals surface area contributed by atoms with Crippen LogP contribution < -0.4 is 15.4 Å². The summed E-state index contributed by atoms with van der Waals surface area (Å²) in [5.74, 6) is -0.0437. The minimum absolute atomic E-state index is 0. The number of carbonyl (C=O) groups is 1. The molecule has 0 saturated heterocycles. The average Bonchev–Trinajstić information content (AvgIpc) is 2.44. The maximum atomic E-state index is 11.3. The minimum Gasteiger partial charge on any atom is -0.506 e. The molecule has 0 bridgehead atoms. The van der Waals surface area contributed by atoms with Crippen LogP contribution in [0.4, 0.5) is 5.69 Å². The van der Waals surface area contributed by atoms with Crippen molar-refractivity contribution < 1.29 is 19.7 Å². The van der Waals surface area contributed by atoms with Crippen molar-refractivity contribution in [2.24, 2.45) is 0 Å². The van der Waals surface area contributed by atoms with Gasteiger partial charge < -0.3 is 25.6 Å². The number of halogens is 1. The van der Waals surface area contributed by atoms with Gasteiger partial charge in [-0.15, -0.1) is 12.4 Å².